The van der Waals surface area contributed by atoms with Gasteiger partial charge in [-0.1, -0.05) is 67.2 Å². The molecule has 1 aliphatic heterocycles. The van der Waals surface area contributed by atoms with Crippen LogP contribution in [0.5, 0.6) is 5.75 Å². The topological polar surface area (TPSA) is 75.8 Å². The minimum Gasteiger partial charge on any atom is -0.487 e. The van der Waals surface area contributed by atoms with E-state index in [2.05, 4.69) is 34.7 Å². The van der Waals surface area contributed by atoms with Gasteiger partial charge >= 0.3 is 5.97 Å². The number of hydrogen-bond donors (Lipinski definition) is 1. The minimum atomic E-state index is -0.705. The van der Waals surface area contributed by atoms with Gasteiger partial charge < -0.3 is 14.3 Å². The first kappa shape index (κ1) is 26.4. The molecule has 6 nitrogen and oxygen atoms in total. The summed E-state index contributed by atoms with van der Waals surface area (Å²) >= 11 is 0. The van der Waals surface area contributed by atoms with E-state index in [4.69, 9.17) is 9.15 Å². The molecule has 39 heavy (non-hydrogen) atoms. The second-order valence-electron chi connectivity index (χ2n) is 10.3. The smallest absolute Gasteiger partial charge is 0.308 e. The first-order valence-electron chi connectivity index (χ1n) is 13.4. The van der Waals surface area contributed by atoms with Crippen LogP contribution < -0.4 is 4.74 Å². The van der Waals surface area contributed by atoms with Crippen molar-refractivity contribution in [2.24, 2.45) is 11.8 Å². The van der Waals surface area contributed by atoms with E-state index in [1.54, 1.807) is 0 Å². The number of likely N-dealkylation sites (tertiary alicyclic amines) is 1. The number of carbonyl (C=O) groups is 1. The van der Waals surface area contributed by atoms with Gasteiger partial charge in [0.15, 0.2) is 5.76 Å². The van der Waals surface area contributed by atoms with Gasteiger partial charge in [-0.05, 0) is 66.6 Å². The van der Waals surface area contributed by atoms with Crippen molar-refractivity contribution in [3.63, 3.8) is 0 Å². The SMILES string of the molecule is C=C(C)c1oc(-c2ccccc2)nc1COc1cccc(CC[C@@H]2CN(Cc3ccccc3)C[C@H]2C(=O)O)c1. The van der Waals surface area contributed by atoms with Crippen molar-refractivity contribution in [2.75, 3.05) is 13.1 Å². The molecule has 0 amide bonds. The minimum absolute atomic E-state index is 0.112. The second kappa shape index (κ2) is 12.1. The quantitative estimate of drug-likeness (QED) is 0.236. The molecule has 1 aromatic heterocycles. The second-order valence-corrected chi connectivity index (χ2v) is 10.3. The zero-order valence-corrected chi connectivity index (χ0v) is 22.3. The Hall–Kier alpha value is -4.16. The summed E-state index contributed by atoms with van der Waals surface area (Å²) in [5.41, 5.74) is 4.75. The molecule has 1 saturated heterocycles. The number of ether oxygens (including phenoxy) is 1. The van der Waals surface area contributed by atoms with E-state index in [0.29, 0.717) is 23.9 Å². The molecule has 0 saturated carbocycles. The van der Waals surface area contributed by atoms with Gasteiger partial charge in [-0.25, -0.2) is 4.98 Å². The van der Waals surface area contributed by atoms with Crippen molar-refractivity contribution in [2.45, 2.75) is 32.9 Å². The van der Waals surface area contributed by atoms with Gasteiger partial charge in [-0.15, -0.1) is 0 Å². The van der Waals surface area contributed by atoms with E-state index >= 15 is 0 Å². The van der Waals surface area contributed by atoms with Gasteiger partial charge in [0.05, 0.1) is 5.92 Å². The summed E-state index contributed by atoms with van der Waals surface area (Å²) < 4.78 is 12.1. The number of benzene rings is 3. The van der Waals surface area contributed by atoms with Crippen molar-refractivity contribution in [1.82, 2.24) is 9.88 Å². The monoisotopic (exact) mass is 522 g/mol. The zero-order valence-electron chi connectivity index (χ0n) is 22.3. The first-order valence-corrected chi connectivity index (χ1v) is 13.4. The highest BCUT2D eigenvalue weighted by Crippen LogP contribution is 2.30. The van der Waals surface area contributed by atoms with E-state index in [-0.39, 0.29) is 18.4 Å². The Morgan fingerprint density at radius 3 is 2.46 bits per heavy atom. The summed E-state index contributed by atoms with van der Waals surface area (Å²) in [6, 6.07) is 28.0. The Bertz CT molecular complexity index is 1410. The van der Waals surface area contributed by atoms with E-state index < -0.39 is 5.97 Å². The van der Waals surface area contributed by atoms with Crippen molar-refractivity contribution < 1.29 is 19.1 Å². The Kier molecular flexibility index (Phi) is 8.23. The van der Waals surface area contributed by atoms with Crippen LogP contribution in [0.1, 0.15) is 35.9 Å². The summed E-state index contributed by atoms with van der Waals surface area (Å²) in [4.78, 5) is 18.9. The van der Waals surface area contributed by atoms with Crippen LogP contribution in [0, 0.1) is 11.8 Å². The highest BCUT2D eigenvalue weighted by atomic mass is 16.5. The van der Waals surface area contributed by atoms with E-state index in [1.807, 2.05) is 73.7 Å². The van der Waals surface area contributed by atoms with Crippen LogP contribution >= 0.6 is 0 Å². The Balaban J connectivity index is 1.21. The lowest BCUT2D eigenvalue weighted by atomic mass is 9.90. The molecule has 2 atom stereocenters. The lowest BCUT2D eigenvalue weighted by molar-refractivity contribution is -0.142. The number of aromatic nitrogens is 1. The van der Waals surface area contributed by atoms with E-state index in [9.17, 15) is 9.90 Å². The molecule has 1 aliphatic rings. The molecule has 0 aliphatic carbocycles. The number of nitrogens with zero attached hydrogens (tertiary/aromatic N) is 2. The van der Waals surface area contributed by atoms with Gasteiger partial charge in [0.1, 0.15) is 18.1 Å². The molecule has 3 aromatic carbocycles. The third-order valence-corrected chi connectivity index (χ3v) is 7.27. The van der Waals surface area contributed by atoms with Gasteiger partial charge in [-0.2, -0.15) is 0 Å². The van der Waals surface area contributed by atoms with Crippen molar-refractivity contribution >= 4 is 11.5 Å². The Labute approximate surface area is 229 Å². The molecule has 200 valence electrons. The fourth-order valence-corrected chi connectivity index (χ4v) is 5.29. The number of aryl methyl sites for hydroxylation is 1. The van der Waals surface area contributed by atoms with E-state index in [0.717, 1.165) is 48.4 Å². The largest absolute Gasteiger partial charge is 0.487 e. The molecular formula is C33H34N2O4. The van der Waals surface area contributed by atoms with Crippen LogP contribution in [0.2, 0.25) is 0 Å². The molecule has 1 N–H and O–H groups in total. The van der Waals surface area contributed by atoms with Crippen molar-refractivity contribution in [1.29, 1.82) is 0 Å². The molecule has 5 rings (SSSR count). The average Bonchev–Trinajstić information content (AvgIpc) is 3.57. The molecule has 0 spiro atoms. The van der Waals surface area contributed by atoms with Gasteiger partial charge in [0.25, 0.3) is 0 Å². The normalized spacial score (nSPS) is 17.3. The predicted molar refractivity (Wildman–Crippen MR) is 152 cm³/mol. The molecule has 6 heteroatoms. The molecule has 0 radical (unpaired) electrons. The number of hydrogen-bond acceptors (Lipinski definition) is 5. The fourth-order valence-electron chi connectivity index (χ4n) is 5.29. The number of aliphatic carboxylic acids is 1. The lowest BCUT2D eigenvalue weighted by Gasteiger charge is -2.16. The first-order chi connectivity index (χ1) is 19.0. The number of allylic oxidation sites excluding steroid dienone is 1. The van der Waals surface area contributed by atoms with Gasteiger partial charge in [-0.3, -0.25) is 9.69 Å². The third kappa shape index (κ3) is 6.65. The number of carboxylic acids is 1. The van der Waals surface area contributed by atoms with Gasteiger partial charge in [0, 0.05) is 25.2 Å². The molecule has 0 bridgehead atoms. The molecule has 0 unspecified atom stereocenters. The van der Waals surface area contributed by atoms with Crippen LogP contribution in [-0.4, -0.2) is 34.0 Å². The molecular weight excluding hydrogens is 488 g/mol. The zero-order chi connectivity index (χ0) is 27.2. The number of carboxylic acid groups (broad SMARTS) is 1. The van der Waals surface area contributed by atoms with Crippen LogP contribution in [0.25, 0.3) is 17.0 Å². The fraction of sp³-hybridized carbons (Fsp3) is 0.273. The summed E-state index contributed by atoms with van der Waals surface area (Å²) in [6.45, 7) is 8.36. The van der Waals surface area contributed by atoms with E-state index in [1.165, 1.54) is 5.56 Å². The van der Waals surface area contributed by atoms with Crippen LogP contribution in [0.4, 0.5) is 0 Å². The Morgan fingerprint density at radius 2 is 1.74 bits per heavy atom. The highest BCUT2D eigenvalue weighted by molar-refractivity contribution is 5.71. The van der Waals surface area contributed by atoms with Crippen molar-refractivity contribution in [3.8, 4) is 17.2 Å². The standard InChI is InChI=1S/C33H34N2O4/c1-23(2)31-30(34-32(39-31)26-13-7-4-8-14-26)22-38-28-15-9-12-24(18-28)16-17-27-20-35(21-29(27)33(36)37)19-25-10-5-3-6-11-25/h3-15,18,27,29H,1,16-17,19-22H2,2H3,(H,36,37)/t27-,29-/m1/s1. The summed E-state index contributed by atoms with van der Waals surface area (Å²) in [6.07, 6.45) is 1.61. The number of oxazole rings is 1. The summed E-state index contributed by atoms with van der Waals surface area (Å²) in [7, 11) is 0. The summed E-state index contributed by atoms with van der Waals surface area (Å²) in [5, 5.41) is 9.86. The van der Waals surface area contributed by atoms with Crippen LogP contribution in [0.3, 0.4) is 0 Å². The third-order valence-electron chi connectivity index (χ3n) is 7.27. The Morgan fingerprint density at radius 1 is 1.03 bits per heavy atom. The van der Waals surface area contributed by atoms with Crippen LogP contribution in [-0.2, 0) is 24.4 Å². The predicted octanol–water partition coefficient (Wildman–Crippen LogP) is 6.72. The highest BCUT2D eigenvalue weighted by Gasteiger charge is 2.37. The maximum absolute atomic E-state index is 12.0. The molecule has 4 aromatic rings. The van der Waals surface area contributed by atoms with Crippen molar-refractivity contribution in [3.05, 3.63) is 114 Å². The number of rotatable bonds is 11. The van der Waals surface area contributed by atoms with Gasteiger partial charge in [0.2, 0.25) is 5.89 Å². The maximum atomic E-state index is 12.0. The lowest BCUT2D eigenvalue weighted by Crippen LogP contribution is -2.23. The summed E-state index contributed by atoms with van der Waals surface area (Å²) in [5.74, 6) is 0.998. The van der Waals surface area contributed by atoms with Crippen LogP contribution in [0.15, 0.2) is 95.9 Å². The average molecular weight is 523 g/mol. The molecule has 1 fully saturated rings. The molecule has 2 heterocycles. The maximum Gasteiger partial charge on any atom is 0.308 e.